The Hall–Kier alpha value is -2.21. The van der Waals surface area contributed by atoms with E-state index in [1.807, 2.05) is 6.92 Å². The van der Waals surface area contributed by atoms with Gasteiger partial charge < -0.3 is 9.47 Å². The lowest BCUT2D eigenvalue weighted by Crippen LogP contribution is -2.01. The standard InChI is InChI=1S/C14H14N2O3S/c1-9-6-13(18-2)14(19-3)7-11(9)12(17)5-4-10-8-20-16-15-10/h4-8H,1-3H3. The molecule has 20 heavy (non-hydrogen) atoms. The molecule has 5 nitrogen and oxygen atoms in total. The van der Waals surface area contributed by atoms with Crippen molar-refractivity contribution in [2.45, 2.75) is 6.92 Å². The Balaban J connectivity index is 2.30. The van der Waals surface area contributed by atoms with Crippen LogP contribution < -0.4 is 9.47 Å². The zero-order valence-electron chi connectivity index (χ0n) is 11.4. The lowest BCUT2D eigenvalue weighted by molar-refractivity contribution is 0.104. The molecule has 0 N–H and O–H groups in total. The van der Waals surface area contributed by atoms with Gasteiger partial charge in [0.15, 0.2) is 17.3 Å². The van der Waals surface area contributed by atoms with Crippen LogP contribution in [0.3, 0.4) is 0 Å². The zero-order valence-corrected chi connectivity index (χ0v) is 12.2. The number of ether oxygens (including phenoxy) is 2. The summed E-state index contributed by atoms with van der Waals surface area (Å²) < 4.78 is 14.1. The summed E-state index contributed by atoms with van der Waals surface area (Å²) in [7, 11) is 3.10. The van der Waals surface area contributed by atoms with Crippen molar-refractivity contribution in [1.29, 1.82) is 0 Å². The van der Waals surface area contributed by atoms with E-state index in [1.54, 1.807) is 30.7 Å². The Bertz CT molecular complexity index is 636. The van der Waals surface area contributed by atoms with Crippen molar-refractivity contribution in [1.82, 2.24) is 9.59 Å². The van der Waals surface area contributed by atoms with Crippen LogP contribution in [-0.2, 0) is 0 Å². The van der Waals surface area contributed by atoms with Gasteiger partial charge in [0.25, 0.3) is 0 Å². The first-order chi connectivity index (χ1) is 9.65. The third kappa shape index (κ3) is 3.03. The fourth-order valence-electron chi connectivity index (χ4n) is 1.74. The summed E-state index contributed by atoms with van der Waals surface area (Å²) in [6, 6.07) is 3.46. The van der Waals surface area contributed by atoms with Gasteiger partial charge in [0.05, 0.1) is 19.9 Å². The smallest absolute Gasteiger partial charge is 0.186 e. The molecule has 0 bridgehead atoms. The van der Waals surface area contributed by atoms with Crippen LogP contribution in [0.5, 0.6) is 11.5 Å². The lowest BCUT2D eigenvalue weighted by Gasteiger charge is -2.11. The highest BCUT2D eigenvalue weighted by Crippen LogP contribution is 2.30. The van der Waals surface area contributed by atoms with Crippen molar-refractivity contribution < 1.29 is 14.3 Å². The van der Waals surface area contributed by atoms with Gasteiger partial charge in [0.1, 0.15) is 0 Å². The molecule has 0 saturated heterocycles. The first-order valence-corrected chi connectivity index (χ1v) is 6.71. The van der Waals surface area contributed by atoms with Crippen molar-refractivity contribution in [2.24, 2.45) is 0 Å². The maximum atomic E-state index is 12.2. The Morgan fingerprint density at radius 1 is 1.25 bits per heavy atom. The molecule has 1 heterocycles. The summed E-state index contributed by atoms with van der Waals surface area (Å²) in [6.45, 7) is 1.85. The van der Waals surface area contributed by atoms with Gasteiger partial charge in [-0.1, -0.05) is 4.49 Å². The number of aromatic nitrogens is 2. The van der Waals surface area contributed by atoms with Crippen LogP contribution in [-0.4, -0.2) is 29.6 Å². The van der Waals surface area contributed by atoms with Crippen LogP contribution in [0, 0.1) is 6.92 Å². The van der Waals surface area contributed by atoms with Gasteiger partial charge in [0.2, 0.25) is 0 Å². The monoisotopic (exact) mass is 290 g/mol. The second-order valence-corrected chi connectivity index (χ2v) is 4.66. The number of aryl methyl sites for hydroxylation is 1. The summed E-state index contributed by atoms with van der Waals surface area (Å²) in [4.78, 5) is 12.2. The Morgan fingerprint density at radius 2 is 1.95 bits per heavy atom. The number of rotatable bonds is 5. The topological polar surface area (TPSA) is 61.3 Å². The molecule has 6 heteroatoms. The summed E-state index contributed by atoms with van der Waals surface area (Å²) in [5, 5.41) is 5.62. The van der Waals surface area contributed by atoms with Crippen LogP contribution in [0.4, 0.5) is 0 Å². The van der Waals surface area contributed by atoms with E-state index < -0.39 is 0 Å². The number of allylic oxidation sites excluding steroid dienone is 1. The second kappa shape index (κ2) is 6.29. The third-order valence-corrected chi connectivity index (χ3v) is 3.30. The second-order valence-electron chi connectivity index (χ2n) is 4.05. The van der Waals surface area contributed by atoms with Crippen LogP contribution >= 0.6 is 11.5 Å². The number of hydrogen-bond acceptors (Lipinski definition) is 6. The Labute approximate surface area is 121 Å². The highest BCUT2D eigenvalue weighted by Gasteiger charge is 2.12. The van der Waals surface area contributed by atoms with Gasteiger partial charge in [-0.15, -0.1) is 5.10 Å². The maximum absolute atomic E-state index is 12.2. The van der Waals surface area contributed by atoms with Gasteiger partial charge >= 0.3 is 0 Å². The van der Waals surface area contributed by atoms with E-state index in [1.165, 1.54) is 24.7 Å². The number of carbonyl (C=O) groups excluding carboxylic acids is 1. The van der Waals surface area contributed by atoms with E-state index in [0.717, 1.165) is 5.56 Å². The molecule has 0 aliphatic rings. The number of methoxy groups -OCH3 is 2. The predicted molar refractivity (Wildman–Crippen MR) is 77.6 cm³/mol. The van der Waals surface area contributed by atoms with Crippen molar-refractivity contribution >= 4 is 23.4 Å². The minimum Gasteiger partial charge on any atom is -0.493 e. The fraction of sp³-hybridized carbons (Fsp3) is 0.214. The molecule has 0 unspecified atom stereocenters. The summed E-state index contributed by atoms with van der Waals surface area (Å²) in [6.07, 6.45) is 3.12. The van der Waals surface area contributed by atoms with Crippen molar-refractivity contribution in [3.05, 3.63) is 40.4 Å². The van der Waals surface area contributed by atoms with Crippen molar-refractivity contribution in [3.8, 4) is 11.5 Å². The van der Waals surface area contributed by atoms with E-state index in [9.17, 15) is 4.79 Å². The molecule has 0 fully saturated rings. The minimum absolute atomic E-state index is 0.114. The Kier molecular flexibility index (Phi) is 4.47. The summed E-state index contributed by atoms with van der Waals surface area (Å²) >= 11 is 1.24. The predicted octanol–water partition coefficient (Wildman–Crippen LogP) is 2.76. The molecule has 0 atom stereocenters. The molecule has 0 aliphatic heterocycles. The van der Waals surface area contributed by atoms with E-state index in [4.69, 9.17) is 9.47 Å². The van der Waals surface area contributed by atoms with Crippen molar-refractivity contribution in [2.75, 3.05) is 14.2 Å². The van der Waals surface area contributed by atoms with Crippen LogP contribution in [0.15, 0.2) is 23.6 Å². The summed E-state index contributed by atoms with van der Waals surface area (Å²) in [5.74, 6) is 1.02. The number of hydrogen-bond donors (Lipinski definition) is 0. The first kappa shape index (κ1) is 14.2. The first-order valence-electron chi connectivity index (χ1n) is 5.87. The zero-order chi connectivity index (χ0) is 14.5. The molecule has 104 valence electrons. The van der Waals surface area contributed by atoms with Gasteiger partial charge in [-0.2, -0.15) is 0 Å². The lowest BCUT2D eigenvalue weighted by atomic mass is 10.0. The largest absolute Gasteiger partial charge is 0.493 e. The number of benzene rings is 1. The SMILES string of the molecule is COc1cc(C)c(C(=O)C=Cc2csnn2)cc1OC. The van der Waals surface area contributed by atoms with Gasteiger partial charge in [-0.3, -0.25) is 4.79 Å². The molecule has 0 aliphatic carbocycles. The van der Waals surface area contributed by atoms with Gasteiger partial charge in [0, 0.05) is 10.9 Å². The van der Waals surface area contributed by atoms with E-state index in [2.05, 4.69) is 9.59 Å². The third-order valence-electron chi connectivity index (χ3n) is 2.78. The average Bonchev–Trinajstić information content (AvgIpc) is 2.97. The normalized spacial score (nSPS) is 10.8. The summed E-state index contributed by atoms with van der Waals surface area (Å²) in [5.41, 5.74) is 2.07. The molecule has 0 radical (unpaired) electrons. The van der Waals surface area contributed by atoms with E-state index in [-0.39, 0.29) is 5.78 Å². The minimum atomic E-state index is -0.114. The fourth-order valence-corrected chi connectivity index (χ4v) is 2.16. The molecule has 0 spiro atoms. The average molecular weight is 290 g/mol. The molecule has 1 aromatic heterocycles. The van der Waals surface area contributed by atoms with Crippen molar-refractivity contribution in [3.63, 3.8) is 0 Å². The van der Waals surface area contributed by atoms with E-state index >= 15 is 0 Å². The van der Waals surface area contributed by atoms with Crippen LogP contribution in [0.1, 0.15) is 21.6 Å². The number of ketones is 1. The molecule has 2 rings (SSSR count). The van der Waals surface area contributed by atoms with Gasteiger partial charge in [-0.05, 0) is 48.3 Å². The van der Waals surface area contributed by atoms with E-state index in [0.29, 0.717) is 22.8 Å². The Morgan fingerprint density at radius 3 is 2.55 bits per heavy atom. The van der Waals surface area contributed by atoms with Gasteiger partial charge in [-0.25, -0.2) is 0 Å². The molecule has 1 aromatic carbocycles. The quantitative estimate of drug-likeness (QED) is 0.626. The highest BCUT2D eigenvalue weighted by atomic mass is 32.1. The number of carbonyl (C=O) groups is 1. The molecule has 0 saturated carbocycles. The maximum Gasteiger partial charge on any atom is 0.186 e. The van der Waals surface area contributed by atoms with Crippen LogP contribution in [0.25, 0.3) is 6.08 Å². The molecular weight excluding hydrogens is 276 g/mol. The molecule has 0 amide bonds. The molecule has 2 aromatic rings. The highest BCUT2D eigenvalue weighted by molar-refractivity contribution is 7.03. The van der Waals surface area contributed by atoms with Crippen LogP contribution in [0.2, 0.25) is 0 Å². The molecular formula is C14H14N2O3S. The number of nitrogens with zero attached hydrogens (tertiary/aromatic N) is 2.